The molecule has 2 aromatic heterocycles. The summed E-state index contributed by atoms with van der Waals surface area (Å²) in [6.45, 7) is 6.35. The number of aromatic hydroxyl groups is 1. The van der Waals surface area contributed by atoms with Crippen molar-refractivity contribution < 1.29 is 10.2 Å². The Balaban J connectivity index is 2.02. The lowest BCUT2D eigenvalue weighted by atomic mass is 10.1. The molecule has 0 spiro atoms. The predicted octanol–water partition coefficient (Wildman–Crippen LogP) is 3.30. The van der Waals surface area contributed by atoms with Crippen molar-refractivity contribution in [1.82, 2.24) is 14.5 Å². The fraction of sp³-hybridized carbons (Fsp3) is 0.333. The summed E-state index contributed by atoms with van der Waals surface area (Å²) in [4.78, 5) is 10.1. The van der Waals surface area contributed by atoms with Gasteiger partial charge < -0.3 is 14.8 Å². The first-order valence-electron chi connectivity index (χ1n) is 7.88. The van der Waals surface area contributed by atoms with Gasteiger partial charge in [-0.15, -0.1) is 11.3 Å². The van der Waals surface area contributed by atoms with Crippen LogP contribution in [-0.2, 0) is 13.0 Å². The van der Waals surface area contributed by atoms with Crippen LogP contribution >= 0.6 is 11.3 Å². The third-order valence-corrected chi connectivity index (χ3v) is 4.90. The average Bonchev–Trinajstić information content (AvgIpc) is 3.02. The molecule has 0 radical (unpaired) electrons. The van der Waals surface area contributed by atoms with Crippen molar-refractivity contribution in [2.75, 3.05) is 0 Å². The van der Waals surface area contributed by atoms with Crippen LogP contribution in [0.1, 0.15) is 28.9 Å². The van der Waals surface area contributed by atoms with Gasteiger partial charge in [0.05, 0.1) is 28.0 Å². The van der Waals surface area contributed by atoms with Gasteiger partial charge in [0.2, 0.25) is 0 Å². The zero-order valence-corrected chi connectivity index (χ0v) is 14.8. The predicted molar refractivity (Wildman–Crippen MR) is 95.4 cm³/mol. The van der Waals surface area contributed by atoms with E-state index in [1.807, 2.05) is 30.5 Å². The Kier molecular flexibility index (Phi) is 4.69. The number of hydrogen-bond acceptors (Lipinski definition) is 5. The van der Waals surface area contributed by atoms with Crippen LogP contribution in [0.4, 0.5) is 0 Å². The molecule has 0 aliphatic heterocycles. The number of aliphatic hydroxyl groups excluding tert-OH is 1. The SMILES string of the molecule is Cc1nc(C)c(-c2ncn(Cc3cccc(O)c3)c2CC(C)O)s1. The van der Waals surface area contributed by atoms with Gasteiger partial charge in [-0.3, -0.25) is 0 Å². The fourth-order valence-corrected chi connectivity index (χ4v) is 3.77. The molecule has 1 unspecified atom stereocenters. The summed E-state index contributed by atoms with van der Waals surface area (Å²) in [5, 5.41) is 20.6. The Hall–Kier alpha value is -2.18. The van der Waals surface area contributed by atoms with E-state index in [0.29, 0.717) is 13.0 Å². The van der Waals surface area contributed by atoms with E-state index in [9.17, 15) is 10.2 Å². The summed E-state index contributed by atoms with van der Waals surface area (Å²) >= 11 is 1.62. The van der Waals surface area contributed by atoms with Gasteiger partial charge in [0.1, 0.15) is 11.4 Å². The molecule has 2 heterocycles. The average molecular weight is 343 g/mol. The molecule has 0 saturated carbocycles. The molecule has 24 heavy (non-hydrogen) atoms. The molecule has 0 aliphatic carbocycles. The minimum atomic E-state index is -0.460. The molecule has 1 atom stereocenters. The summed E-state index contributed by atoms with van der Waals surface area (Å²) in [5.41, 5.74) is 3.83. The van der Waals surface area contributed by atoms with E-state index in [4.69, 9.17) is 0 Å². The molecular formula is C18H21N3O2S. The Labute approximate surface area is 145 Å². The van der Waals surface area contributed by atoms with Gasteiger partial charge in [-0.2, -0.15) is 0 Å². The Morgan fingerprint density at radius 1 is 1.29 bits per heavy atom. The maximum absolute atomic E-state index is 9.91. The second-order valence-corrected chi connectivity index (χ2v) is 7.24. The van der Waals surface area contributed by atoms with E-state index in [0.717, 1.165) is 32.5 Å². The van der Waals surface area contributed by atoms with Crippen molar-refractivity contribution in [2.45, 2.75) is 39.8 Å². The largest absolute Gasteiger partial charge is 0.508 e. The fourth-order valence-electron chi connectivity index (χ4n) is 2.83. The molecule has 3 aromatic rings. The van der Waals surface area contributed by atoms with Gasteiger partial charge in [0, 0.05) is 18.7 Å². The van der Waals surface area contributed by atoms with Crippen molar-refractivity contribution in [3.63, 3.8) is 0 Å². The highest BCUT2D eigenvalue weighted by atomic mass is 32.1. The number of rotatable bonds is 5. The van der Waals surface area contributed by atoms with E-state index in [2.05, 4.69) is 9.97 Å². The summed E-state index contributed by atoms with van der Waals surface area (Å²) in [6.07, 6.45) is 1.86. The quantitative estimate of drug-likeness (QED) is 0.746. The van der Waals surface area contributed by atoms with Crippen LogP contribution in [0.5, 0.6) is 5.75 Å². The molecule has 3 rings (SSSR count). The van der Waals surface area contributed by atoms with Crippen LogP contribution < -0.4 is 0 Å². The topological polar surface area (TPSA) is 71.2 Å². The monoisotopic (exact) mass is 343 g/mol. The first-order valence-corrected chi connectivity index (χ1v) is 8.70. The van der Waals surface area contributed by atoms with Crippen LogP contribution in [0.2, 0.25) is 0 Å². The van der Waals surface area contributed by atoms with E-state index in [1.165, 1.54) is 0 Å². The van der Waals surface area contributed by atoms with E-state index < -0.39 is 6.10 Å². The van der Waals surface area contributed by atoms with Crippen LogP contribution in [-0.4, -0.2) is 30.9 Å². The van der Waals surface area contributed by atoms with Crippen LogP contribution in [0.3, 0.4) is 0 Å². The minimum absolute atomic E-state index is 0.249. The molecule has 0 aliphatic rings. The molecule has 5 nitrogen and oxygen atoms in total. The second-order valence-electron chi connectivity index (χ2n) is 6.04. The highest BCUT2D eigenvalue weighted by molar-refractivity contribution is 7.15. The molecule has 0 amide bonds. The second kappa shape index (κ2) is 6.75. The van der Waals surface area contributed by atoms with Gasteiger partial charge in [0.25, 0.3) is 0 Å². The number of benzene rings is 1. The smallest absolute Gasteiger partial charge is 0.115 e. The van der Waals surface area contributed by atoms with Gasteiger partial charge in [0.15, 0.2) is 0 Å². The Bertz CT molecular complexity index is 852. The summed E-state index contributed by atoms with van der Waals surface area (Å²) < 4.78 is 2.03. The number of nitrogens with zero attached hydrogens (tertiary/aromatic N) is 3. The third-order valence-electron chi connectivity index (χ3n) is 3.82. The van der Waals surface area contributed by atoms with Crippen molar-refractivity contribution in [3.05, 3.63) is 52.6 Å². The van der Waals surface area contributed by atoms with Crippen LogP contribution in [0.25, 0.3) is 10.6 Å². The van der Waals surface area contributed by atoms with Crippen LogP contribution in [0, 0.1) is 13.8 Å². The Morgan fingerprint density at radius 3 is 2.71 bits per heavy atom. The minimum Gasteiger partial charge on any atom is -0.508 e. The molecule has 0 bridgehead atoms. The maximum Gasteiger partial charge on any atom is 0.115 e. The number of phenolic OH excluding ortho intramolecular Hbond substituents is 1. The van der Waals surface area contributed by atoms with Gasteiger partial charge in [-0.25, -0.2) is 9.97 Å². The van der Waals surface area contributed by atoms with E-state index in [-0.39, 0.29) is 5.75 Å². The number of aromatic nitrogens is 3. The molecular weight excluding hydrogens is 322 g/mol. The van der Waals surface area contributed by atoms with Crippen molar-refractivity contribution in [1.29, 1.82) is 0 Å². The summed E-state index contributed by atoms with van der Waals surface area (Å²) in [7, 11) is 0. The zero-order valence-electron chi connectivity index (χ0n) is 14.0. The lowest BCUT2D eigenvalue weighted by molar-refractivity contribution is 0.193. The molecule has 1 aromatic carbocycles. The van der Waals surface area contributed by atoms with Gasteiger partial charge >= 0.3 is 0 Å². The van der Waals surface area contributed by atoms with Crippen molar-refractivity contribution in [3.8, 4) is 16.3 Å². The molecule has 0 saturated heterocycles. The first kappa shape index (κ1) is 16.7. The highest BCUT2D eigenvalue weighted by Gasteiger charge is 2.19. The van der Waals surface area contributed by atoms with Crippen molar-refractivity contribution >= 4 is 11.3 Å². The molecule has 0 fully saturated rings. The normalized spacial score (nSPS) is 12.5. The molecule has 126 valence electrons. The lowest BCUT2D eigenvalue weighted by Crippen LogP contribution is -2.11. The van der Waals surface area contributed by atoms with Crippen molar-refractivity contribution in [2.24, 2.45) is 0 Å². The highest BCUT2D eigenvalue weighted by Crippen LogP contribution is 2.32. The number of aryl methyl sites for hydroxylation is 2. The number of phenols is 1. The Morgan fingerprint density at radius 2 is 2.08 bits per heavy atom. The van der Waals surface area contributed by atoms with Gasteiger partial charge in [-0.1, -0.05) is 12.1 Å². The third kappa shape index (κ3) is 3.49. The van der Waals surface area contributed by atoms with Crippen LogP contribution in [0.15, 0.2) is 30.6 Å². The van der Waals surface area contributed by atoms with E-state index >= 15 is 0 Å². The van der Waals surface area contributed by atoms with Gasteiger partial charge in [-0.05, 0) is 38.5 Å². The lowest BCUT2D eigenvalue weighted by Gasteiger charge is -2.12. The molecule has 2 N–H and O–H groups in total. The zero-order chi connectivity index (χ0) is 17.3. The number of imidazole rings is 1. The standard InChI is InChI=1S/C18H21N3O2S/c1-11(22)7-16-17(18-12(2)20-13(3)24-18)19-10-21(16)9-14-5-4-6-15(23)8-14/h4-6,8,10-11,22-23H,7,9H2,1-3H3. The summed E-state index contributed by atoms with van der Waals surface area (Å²) in [6, 6.07) is 7.19. The van der Waals surface area contributed by atoms with E-state index in [1.54, 1.807) is 36.7 Å². The molecule has 6 heteroatoms. The number of hydrogen-bond donors (Lipinski definition) is 2. The number of thiazole rings is 1. The maximum atomic E-state index is 9.91. The summed E-state index contributed by atoms with van der Waals surface area (Å²) in [5.74, 6) is 0.249. The number of aliphatic hydroxyl groups is 1. The first-order chi connectivity index (χ1) is 11.4.